The van der Waals surface area contributed by atoms with E-state index in [-0.39, 0.29) is 22.9 Å². The lowest BCUT2D eigenvalue weighted by molar-refractivity contribution is -0.142. The van der Waals surface area contributed by atoms with Crippen molar-refractivity contribution in [3.63, 3.8) is 0 Å². The lowest BCUT2D eigenvalue weighted by Gasteiger charge is -2.21. The number of hydrogen-bond donors (Lipinski definition) is 1. The summed E-state index contributed by atoms with van der Waals surface area (Å²) in [5.74, 6) is -0.971. The second-order valence-electron chi connectivity index (χ2n) is 7.53. The number of benzene rings is 1. The summed E-state index contributed by atoms with van der Waals surface area (Å²) in [5.41, 5.74) is 0.726. The first-order valence-electron chi connectivity index (χ1n) is 9.07. The Morgan fingerprint density at radius 1 is 1.33 bits per heavy atom. The molecule has 1 N–H and O–H groups in total. The van der Waals surface area contributed by atoms with Crippen LogP contribution in [0.1, 0.15) is 40.4 Å². The molecule has 1 fully saturated rings. The minimum atomic E-state index is -4.48. The SMILES string of the molecule is BC(B)(Cl)c1ccc(NC(=O)c2cn(CC(F)(F)F)nc2C2CC2)cc1OC(F)F. The number of anilines is 1. The maximum absolute atomic E-state index is 12.8. The summed E-state index contributed by atoms with van der Waals surface area (Å²) in [6.45, 7) is -4.41. The minimum absolute atomic E-state index is 0.0137. The molecule has 5 nitrogen and oxygen atoms in total. The van der Waals surface area contributed by atoms with E-state index in [1.165, 1.54) is 18.2 Å². The number of nitrogens with zero attached hydrogens (tertiary/aromatic N) is 2. The van der Waals surface area contributed by atoms with Gasteiger partial charge in [0.1, 0.15) is 28.0 Å². The Balaban J connectivity index is 1.87. The van der Waals surface area contributed by atoms with Crippen LogP contribution >= 0.6 is 11.6 Å². The van der Waals surface area contributed by atoms with Gasteiger partial charge in [0.15, 0.2) is 0 Å². The predicted molar refractivity (Wildman–Crippen MR) is 106 cm³/mol. The van der Waals surface area contributed by atoms with Crippen LogP contribution in [0, 0.1) is 0 Å². The third kappa shape index (κ3) is 5.68. The normalized spacial score (nSPS) is 14.8. The molecular weight excluding hydrogens is 430 g/mol. The van der Waals surface area contributed by atoms with Crippen molar-refractivity contribution in [2.24, 2.45) is 0 Å². The maximum Gasteiger partial charge on any atom is 0.408 e. The average molecular weight is 447 g/mol. The molecule has 30 heavy (non-hydrogen) atoms. The van der Waals surface area contributed by atoms with Gasteiger partial charge >= 0.3 is 12.8 Å². The Labute approximate surface area is 175 Å². The van der Waals surface area contributed by atoms with Crippen LogP contribution in [0.4, 0.5) is 27.6 Å². The van der Waals surface area contributed by atoms with Crippen molar-refractivity contribution in [2.75, 3.05) is 5.32 Å². The van der Waals surface area contributed by atoms with E-state index >= 15 is 0 Å². The van der Waals surface area contributed by atoms with Gasteiger partial charge in [0, 0.05) is 28.5 Å². The molecule has 13 heteroatoms. The molecule has 1 heterocycles. The Kier molecular flexibility index (Phi) is 6.08. The van der Waals surface area contributed by atoms with Crippen LogP contribution in [0.3, 0.4) is 0 Å². The molecule has 0 spiro atoms. The summed E-state index contributed by atoms with van der Waals surface area (Å²) in [6.07, 6.45) is -1.97. The zero-order valence-corrected chi connectivity index (χ0v) is 16.8. The van der Waals surface area contributed by atoms with Crippen molar-refractivity contribution in [3.8, 4) is 5.75 Å². The number of ether oxygens (including phenoxy) is 1. The smallest absolute Gasteiger partial charge is 0.408 e. The van der Waals surface area contributed by atoms with Gasteiger partial charge in [-0.15, -0.1) is 11.6 Å². The fraction of sp³-hybridized carbons (Fsp3) is 0.412. The van der Waals surface area contributed by atoms with Crippen molar-refractivity contribution in [1.29, 1.82) is 0 Å². The van der Waals surface area contributed by atoms with Crippen molar-refractivity contribution in [1.82, 2.24) is 9.78 Å². The molecule has 1 aliphatic carbocycles. The van der Waals surface area contributed by atoms with E-state index in [9.17, 15) is 26.7 Å². The predicted octanol–water partition coefficient (Wildman–Crippen LogP) is 2.79. The fourth-order valence-electron chi connectivity index (χ4n) is 3.02. The molecule has 0 bridgehead atoms. The molecule has 1 aromatic heterocycles. The van der Waals surface area contributed by atoms with Crippen LogP contribution in [0.25, 0.3) is 0 Å². The first-order chi connectivity index (χ1) is 13.8. The van der Waals surface area contributed by atoms with Crippen molar-refractivity contribution in [3.05, 3.63) is 41.2 Å². The first-order valence-corrected chi connectivity index (χ1v) is 9.45. The standard InChI is InChI=1S/C17H17B2ClF5N3O2/c18-17(19,20)11-4-3-9(5-12(11)30-15(21)22)26-14(29)10-6-28(7-16(23,24)25)27-13(10)8-1-2-8/h3-6,8,15H,1-2,7,18-19H2,(H,26,29). The number of carbonyl (C=O) groups excluding carboxylic acids is 1. The van der Waals surface area contributed by atoms with E-state index < -0.39 is 29.9 Å². The van der Waals surface area contributed by atoms with E-state index in [2.05, 4.69) is 15.2 Å². The summed E-state index contributed by atoms with van der Waals surface area (Å²) in [6, 6.07) is 4.09. The van der Waals surface area contributed by atoms with Crippen molar-refractivity contribution in [2.45, 2.75) is 42.8 Å². The van der Waals surface area contributed by atoms with E-state index in [1.807, 2.05) is 0 Å². The summed E-state index contributed by atoms with van der Waals surface area (Å²) in [7, 11) is 3.19. The summed E-state index contributed by atoms with van der Waals surface area (Å²) in [5, 5.41) is 6.43. The molecule has 0 unspecified atom stereocenters. The maximum atomic E-state index is 12.8. The number of alkyl halides is 6. The van der Waals surface area contributed by atoms with Gasteiger partial charge in [0.05, 0.1) is 11.3 Å². The summed E-state index contributed by atoms with van der Waals surface area (Å²) in [4.78, 5) is 12.7. The highest BCUT2D eigenvalue weighted by Gasteiger charge is 2.34. The molecule has 1 aliphatic rings. The highest BCUT2D eigenvalue weighted by Crippen LogP contribution is 2.41. The van der Waals surface area contributed by atoms with E-state index in [4.69, 9.17) is 11.6 Å². The van der Waals surface area contributed by atoms with Gasteiger partial charge in [0.2, 0.25) is 0 Å². The molecule has 0 aliphatic heterocycles. The van der Waals surface area contributed by atoms with Gasteiger partial charge in [-0.25, -0.2) is 0 Å². The highest BCUT2D eigenvalue weighted by atomic mass is 35.5. The van der Waals surface area contributed by atoms with E-state index in [1.54, 1.807) is 15.7 Å². The minimum Gasteiger partial charge on any atom is -0.434 e. The van der Waals surface area contributed by atoms with Gasteiger partial charge in [0.25, 0.3) is 5.91 Å². The molecule has 1 aromatic carbocycles. The summed E-state index contributed by atoms with van der Waals surface area (Å²) < 4.78 is 67.8. The van der Waals surface area contributed by atoms with Crippen LogP contribution in [0.5, 0.6) is 5.75 Å². The Morgan fingerprint density at radius 3 is 2.53 bits per heavy atom. The molecule has 2 aromatic rings. The number of aromatic nitrogens is 2. The van der Waals surface area contributed by atoms with Crippen molar-refractivity contribution < 1.29 is 31.5 Å². The number of amides is 1. The van der Waals surface area contributed by atoms with E-state index in [0.717, 1.165) is 19.0 Å². The summed E-state index contributed by atoms with van der Waals surface area (Å²) >= 11 is 6.20. The molecule has 1 saturated carbocycles. The Hall–Kier alpha value is -2.23. The Morgan fingerprint density at radius 2 is 2.00 bits per heavy atom. The van der Waals surface area contributed by atoms with Gasteiger partial charge in [-0.05, 0) is 24.5 Å². The molecule has 3 rings (SSSR count). The topological polar surface area (TPSA) is 56.2 Å². The third-order valence-corrected chi connectivity index (χ3v) is 4.64. The molecule has 160 valence electrons. The quantitative estimate of drug-likeness (QED) is 0.404. The van der Waals surface area contributed by atoms with Gasteiger partial charge in [-0.2, -0.15) is 27.1 Å². The van der Waals surface area contributed by atoms with Crippen LogP contribution in [0.15, 0.2) is 24.4 Å². The number of rotatable bonds is 7. The van der Waals surface area contributed by atoms with Gasteiger partial charge < -0.3 is 10.1 Å². The van der Waals surface area contributed by atoms with Gasteiger partial charge in [-0.3, -0.25) is 9.48 Å². The third-order valence-electron chi connectivity index (χ3n) is 4.44. The molecule has 0 atom stereocenters. The van der Waals surface area contributed by atoms with Crippen LogP contribution in [-0.4, -0.2) is 44.2 Å². The number of hydrogen-bond acceptors (Lipinski definition) is 3. The van der Waals surface area contributed by atoms with Crippen molar-refractivity contribution >= 4 is 38.9 Å². The number of carbonyl (C=O) groups is 1. The zero-order chi connectivity index (χ0) is 22.3. The second-order valence-corrected chi connectivity index (χ2v) is 8.48. The first kappa shape index (κ1) is 22.5. The fourth-order valence-corrected chi connectivity index (χ4v) is 3.17. The lowest BCUT2D eigenvalue weighted by atomic mass is 9.65. The molecule has 0 radical (unpaired) electrons. The molecule has 0 saturated heterocycles. The average Bonchev–Trinajstić information content (AvgIpc) is 3.33. The monoisotopic (exact) mass is 447 g/mol. The zero-order valence-electron chi connectivity index (χ0n) is 16.1. The lowest BCUT2D eigenvalue weighted by Crippen LogP contribution is -2.21. The molecular formula is C17H17B2ClF5N3O2. The largest absolute Gasteiger partial charge is 0.434 e. The Bertz CT molecular complexity index is 942. The molecule has 1 amide bonds. The van der Waals surface area contributed by atoms with E-state index in [0.29, 0.717) is 15.9 Å². The second kappa shape index (κ2) is 8.13. The van der Waals surface area contributed by atoms with Crippen LogP contribution in [0.2, 0.25) is 0 Å². The van der Waals surface area contributed by atoms with Crippen LogP contribution < -0.4 is 10.1 Å². The highest BCUT2D eigenvalue weighted by molar-refractivity contribution is 6.61. The number of nitrogens with one attached hydrogen (secondary N) is 1. The number of halogens is 6. The van der Waals surface area contributed by atoms with Crippen LogP contribution in [-0.2, 0) is 11.2 Å². The van der Waals surface area contributed by atoms with Gasteiger partial charge in [-0.1, -0.05) is 6.07 Å².